The van der Waals surface area contributed by atoms with Crippen LogP contribution in [-0.2, 0) is 21.9 Å². The van der Waals surface area contributed by atoms with Crippen molar-refractivity contribution in [3.05, 3.63) is 46.8 Å². The molecule has 0 unspecified atom stereocenters. The summed E-state index contributed by atoms with van der Waals surface area (Å²) in [5.74, 6) is 0. The zero-order valence-electron chi connectivity index (χ0n) is 13.5. The zero-order chi connectivity index (χ0) is 16.4. The fourth-order valence-corrected chi connectivity index (χ4v) is 4.39. The van der Waals surface area contributed by atoms with E-state index in [2.05, 4.69) is 25.5 Å². The van der Waals surface area contributed by atoms with Crippen molar-refractivity contribution in [2.24, 2.45) is 0 Å². The second-order valence-corrected chi connectivity index (χ2v) is 9.34. The first-order valence-corrected chi connectivity index (χ1v) is 9.43. The van der Waals surface area contributed by atoms with Gasteiger partial charge >= 0.3 is 0 Å². The van der Waals surface area contributed by atoms with E-state index in [0.717, 1.165) is 10.4 Å². The first-order chi connectivity index (χ1) is 10.2. The number of nitrogens with one attached hydrogen (secondary N) is 1. The quantitative estimate of drug-likeness (QED) is 0.786. The predicted molar refractivity (Wildman–Crippen MR) is 100 cm³/mol. The number of benzene rings is 1. The molecule has 1 aromatic heterocycles. The number of rotatable bonds is 5. The van der Waals surface area contributed by atoms with E-state index in [9.17, 15) is 8.42 Å². The van der Waals surface area contributed by atoms with Crippen molar-refractivity contribution in [1.82, 2.24) is 4.72 Å². The molecule has 2 aromatic rings. The molecule has 0 saturated heterocycles. The molecule has 0 bridgehead atoms. The molecule has 0 radical (unpaired) electrons. The van der Waals surface area contributed by atoms with Gasteiger partial charge in [0.15, 0.2) is 0 Å². The Morgan fingerprint density at radius 2 is 1.70 bits per heavy atom. The molecule has 0 aliphatic heterocycles. The Morgan fingerprint density at radius 3 is 2.22 bits per heavy atom. The Bertz CT molecular complexity index is 732. The van der Waals surface area contributed by atoms with E-state index < -0.39 is 10.0 Å². The Labute approximate surface area is 148 Å². The minimum absolute atomic E-state index is 0. The van der Waals surface area contributed by atoms with Gasteiger partial charge in [-0.15, -0.1) is 23.7 Å². The molecule has 0 saturated carbocycles. The van der Waals surface area contributed by atoms with Crippen LogP contribution in [-0.4, -0.2) is 15.0 Å². The summed E-state index contributed by atoms with van der Waals surface area (Å²) in [6.07, 6.45) is 0.636. The van der Waals surface area contributed by atoms with Crippen molar-refractivity contribution in [2.75, 3.05) is 12.3 Å². The van der Waals surface area contributed by atoms with Crippen LogP contribution < -0.4 is 10.5 Å². The number of halogens is 1. The Balaban J connectivity index is 0.00000264. The molecular weight excluding hydrogens is 352 g/mol. The minimum atomic E-state index is -3.43. The third-order valence-corrected chi connectivity index (χ3v) is 6.73. The Kier molecular flexibility index (Phi) is 6.65. The van der Waals surface area contributed by atoms with Crippen LogP contribution in [0.1, 0.15) is 31.2 Å². The number of thiophene rings is 1. The summed E-state index contributed by atoms with van der Waals surface area (Å²) in [6, 6.07) is 11.0. The molecule has 1 heterocycles. The second-order valence-electron chi connectivity index (χ2n) is 6.26. The maximum atomic E-state index is 12.3. The summed E-state index contributed by atoms with van der Waals surface area (Å²) >= 11 is 1.33. The summed E-state index contributed by atoms with van der Waals surface area (Å²) in [6.45, 7) is 6.59. The summed E-state index contributed by atoms with van der Waals surface area (Å²) < 4.78 is 27.6. The molecule has 7 heteroatoms. The third kappa shape index (κ3) is 5.49. The molecule has 1 aromatic carbocycles. The highest BCUT2D eigenvalue weighted by Crippen LogP contribution is 2.31. The number of nitrogen functional groups attached to an aromatic ring is 1. The molecule has 0 aliphatic carbocycles. The van der Waals surface area contributed by atoms with E-state index in [1.807, 2.05) is 30.3 Å². The van der Waals surface area contributed by atoms with Gasteiger partial charge in [0.2, 0.25) is 10.0 Å². The van der Waals surface area contributed by atoms with Crippen LogP contribution in [0.2, 0.25) is 0 Å². The van der Waals surface area contributed by atoms with E-state index in [4.69, 9.17) is 5.73 Å². The van der Waals surface area contributed by atoms with Crippen LogP contribution in [0, 0.1) is 0 Å². The SMILES string of the molecule is CC(C)(C)c1ccc(S(=O)(=O)NCCc2ccc(N)cc2)s1.Cl. The monoisotopic (exact) mass is 374 g/mol. The van der Waals surface area contributed by atoms with Gasteiger partial charge in [0, 0.05) is 17.1 Å². The summed E-state index contributed by atoms with van der Waals surface area (Å²) in [7, 11) is -3.43. The van der Waals surface area contributed by atoms with Crippen LogP contribution in [0.15, 0.2) is 40.6 Å². The molecule has 23 heavy (non-hydrogen) atoms. The molecule has 0 aliphatic rings. The average Bonchev–Trinajstić information content (AvgIpc) is 2.91. The summed E-state index contributed by atoms with van der Waals surface area (Å²) in [5.41, 5.74) is 7.35. The lowest BCUT2D eigenvalue weighted by Gasteiger charge is -2.15. The average molecular weight is 375 g/mol. The van der Waals surface area contributed by atoms with Gasteiger partial charge in [0.05, 0.1) is 0 Å². The van der Waals surface area contributed by atoms with Gasteiger partial charge in [-0.25, -0.2) is 13.1 Å². The van der Waals surface area contributed by atoms with E-state index in [1.54, 1.807) is 6.07 Å². The van der Waals surface area contributed by atoms with Gasteiger partial charge in [-0.1, -0.05) is 32.9 Å². The van der Waals surface area contributed by atoms with Gasteiger partial charge < -0.3 is 5.73 Å². The molecule has 0 fully saturated rings. The molecule has 0 amide bonds. The van der Waals surface area contributed by atoms with Crippen molar-refractivity contribution in [1.29, 1.82) is 0 Å². The van der Waals surface area contributed by atoms with Crippen molar-refractivity contribution in [3.63, 3.8) is 0 Å². The third-order valence-electron chi connectivity index (χ3n) is 3.27. The Morgan fingerprint density at radius 1 is 1.09 bits per heavy atom. The first kappa shape index (κ1) is 20.0. The van der Waals surface area contributed by atoms with E-state index >= 15 is 0 Å². The maximum Gasteiger partial charge on any atom is 0.250 e. The highest BCUT2D eigenvalue weighted by molar-refractivity contribution is 7.91. The summed E-state index contributed by atoms with van der Waals surface area (Å²) in [5, 5.41) is 0. The van der Waals surface area contributed by atoms with Crippen LogP contribution in [0.5, 0.6) is 0 Å². The number of nitrogens with two attached hydrogens (primary N) is 1. The lowest BCUT2D eigenvalue weighted by atomic mass is 9.95. The van der Waals surface area contributed by atoms with E-state index in [-0.39, 0.29) is 17.8 Å². The smallest absolute Gasteiger partial charge is 0.250 e. The van der Waals surface area contributed by atoms with Crippen LogP contribution in [0.25, 0.3) is 0 Å². The molecule has 0 atom stereocenters. The summed E-state index contributed by atoms with van der Waals surface area (Å²) in [4.78, 5) is 1.06. The van der Waals surface area contributed by atoms with Crippen molar-refractivity contribution in [2.45, 2.75) is 36.8 Å². The largest absolute Gasteiger partial charge is 0.399 e. The van der Waals surface area contributed by atoms with E-state index in [0.29, 0.717) is 22.9 Å². The fourth-order valence-electron chi connectivity index (χ4n) is 1.95. The molecule has 2 rings (SSSR count). The van der Waals surface area contributed by atoms with Crippen molar-refractivity contribution < 1.29 is 8.42 Å². The number of hydrogen-bond donors (Lipinski definition) is 2. The standard InChI is InChI=1S/C16H22N2O2S2.ClH/c1-16(2,3)14-8-9-15(21-14)22(19,20)18-11-10-12-4-6-13(17)7-5-12;/h4-9,18H,10-11,17H2,1-3H3;1H. The van der Waals surface area contributed by atoms with Gasteiger partial charge in [-0.3, -0.25) is 0 Å². The maximum absolute atomic E-state index is 12.3. The second kappa shape index (κ2) is 7.66. The number of sulfonamides is 1. The highest BCUT2D eigenvalue weighted by atomic mass is 35.5. The Hall–Kier alpha value is -1.08. The lowest BCUT2D eigenvalue weighted by Crippen LogP contribution is -2.25. The zero-order valence-corrected chi connectivity index (χ0v) is 15.9. The topological polar surface area (TPSA) is 72.2 Å². The number of anilines is 1. The first-order valence-electron chi connectivity index (χ1n) is 7.13. The van der Waals surface area contributed by atoms with Gasteiger partial charge in [-0.2, -0.15) is 0 Å². The minimum Gasteiger partial charge on any atom is -0.399 e. The predicted octanol–water partition coefficient (Wildman–Crippen LogP) is 3.57. The molecular formula is C16H23ClN2O2S2. The number of hydrogen-bond acceptors (Lipinski definition) is 4. The van der Waals surface area contributed by atoms with Gasteiger partial charge in [0.1, 0.15) is 4.21 Å². The van der Waals surface area contributed by atoms with Crippen LogP contribution >= 0.6 is 23.7 Å². The van der Waals surface area contributed by atoms with Gasteiger partial charge in [-0.05, 0) is 41.7 Å². The van der Waals surface area contributed by atoms with Crippen LogP contribution in [0.4, 0.5) is 5.69 Å². The van der Waals surface area contributed by atoms with Crippen LogP contribution in [0.3, 0.4) is 0 Å². The van der Waals surface area contributed by atoms with Crippen molar-refractivity contribution in [3.8, 4) is 0 Å². The normalized spacial score (nSPS) is 12.0. The lowest BCUT2D eigenvalue weighted by molar-refractivity contribution is 0.584. The van der Waals surface area contributed by atoms with Gasteiger partial charge in [0.25, 0.3) is 0 Å². The molecule has 4 nitrogen and oxygen atoms in total. The molecule has 3 N–H and O–H groups in total. The fraction of sp³-hybridized carbons (Fsp3) is 0.375. The highest BCUT2D eigenvalue weighted by Gasteiger charge is 2.21. The van der Waals surface area contributed by atoms with E-state index in [1.165, 1.54) is 11.3 Å². The molecule has 128 valence electrons. The molecule has 0 spiro atoms. The van der Waals surface area contributed by atoms with Crippen molar-refractivity contribution >= 4 is 39.5 Å².